The van der Waals surface area contributed by atoms with Gasteiger partial charge in [0.2, 0.25) is 0 Å². The molecule has 2 aliphatic rings. The molecule has 4 heterocycles. The van der Waals surface area contributed by atoms with Crippen LogP contribution in [0.4, 0.5) is 11.6 Å². The Kier molecular flexibility index (Phi) is 3.38. The Labute approximate surface area is 152 Å². The van der Waals surface area contributed by atoms with E-state index >= 15 is 0 Å². The number of nitrogens with zero attached hydrogens (tertiary/aromatic N) is 7. The maximum atomic E-state index is 4.58. The van der Waals surface area contributed by atoms with Crippen LogP contribution in [-0.2, 0) is 19.9 Å². The van der Waals surface area contributed by atoms with E-state index in [1.165, 1.54) is 23.4 Å². The lowest BCUT2D eigenvalue weighted by atomic mass is 10.1. The zero-order chi connectivity index (χ0) is 17.8. The van der Waals surface area contributed by atoms with E-state index < -0.39 is 0 Å². The molecule has 0 N–H and O–H groups in total. The van der Waals surface area contributed by atoms with Gasteiger partial charge in [-0.15, -0.1) is 5.10 Å². The summed E-state index contributed by atoms with van der Waals surface area (Å²) in [7, 11) is 4.20. The van der Waals surface area contributed by atoms with Crippen molar-refractivity contribution in [1.82, 2.24) is 24.7 Å². The molecular formula is C19H23N7. The third-order valence-electron chi connectivity index (χ3n) is 5.92. The average Bonchev–Trinajstić information content (AvgIpc) is 3.18. The lowest BCUT2D eigenvalue weighted by Crippen LogP contribution is -2.59. The molecule has 1 saturated heterocycles. The van der Waals surface area contributed by atoms with Gasteiger partial charge in [-0.2, -0.15) is 5.10 Å². The Bertz CT molecular complexity index is 987. The molecule has 7 heteroatoms. The van der Waals surface area contributed by atoms with E-state index in [1.807, 2.05) is 0 Å². The summed E-state index contributed by atoms with van der Waals surface area (Å²) in [4.78, 5) is 13.6. The first-order valence-electron chi connectivity index (χ1n) is 9.22. The second-order valence-electron chi connectivity index (χ2n) is 7.47. The van der Waals surface area contributed by atoms with Gasteiger partial charge in [-0.05, 0) is 43.9 Å². The summed E-state index contributed by atoms with van der Waals surface area (Å²) in [6.07, 6.45) is 5.09. The molecule has 7 nitrogen and oxygen atoms in total. The summed E-state index contributed by atoms with van der Waals surface area (Å²) in [6.45, 7) is 3.99. The molecule has 1 aliphatic heterocycles. The van der Waals surface area contributed by atoms with E-state index in [0.717, 1.165) is 48.6 Å². The number of hydrogen-bond acceptors (Lipinski definition) is 6. The Morgan fingerprint density at radius 2 is 1.96 bits per heavy atom. The second-order valence-corrected chi connectivity index (χ2v) is 7.47. The first-order chi connectivity index (χ1) is 12.6. The first kappa shape index (κ1) is 15.5. The van der Waals surface area contributed by atoms with Crippen molar-refractivity contribution in [2.24, 2.45) is 7.05 Å². The molecule has 0 unspecified atom stereocenters. The molecule has 0 aromatic carbocycles. The van der Waals surface area contributed by atoms with E-state index in [-0.39, 0.29) is 0 Å². The number of rotatable bonds is 3. The highest BCUT2D eigenvalue weighted by atomic mass is 15.4. The summed E-state index contributed by atoms with van der Waals surface area (Å²) < 4.78 is 2.17. The minimum absolute atomic E-state index is 0.415. The van der Waals surface area contributed by atoms with Crippen molar-refractivity contribution in [2.75, 3.05) is 29.9 Å². The van der Waals surface area contributed by atoms with Crippen LogP contribution in [0.5, 0.6) is 0 Å². The van der Waals surface area contributed by atoms with Gasteiger partial charge in [-0.25, -0.2) is 9.97 Å². The minimum atomic E-state index is 0.415. The zero-order valence-electron chi connectivity index (χ0n) is 15.5. The lowest BCUT2D eigenvalue weighted by Gasteiger charge is -2.45. The number of likely N-dealkylation sites (N-methyl/N-ethyl adjacent to an activating group) is 1. The molecule has 0 amide bonds. The van der Waals surface area contributed by atoms with Gasteiger partial charge in [0.1, 0.15) is 11.8 Å². The number of fused-ring (bicyclic) bond motifs is 2. The van der Waals surface area contributed by atoms with Gasteiger partial charge in [0.15, 0.2) is 11.6 Å². The van der Waals surface area contributed by atoms with Crippen LogP contribution < -0.4 is 9.80 Å². The Morgan fingerprint density at radius 1 is 1.12 bits per heavy atom. The maximum absolute atomic E-state index is 4.58. The Balaban J connectivity index is 1.36. The van der Waals surface area contributed by atoms with E-state index in [2.05, 4.69) is 67.7 Å². The standard InChI is InChI=1S/C19H23N7/c1-12-7-16-18(24(12)2)19(21-11-20-16)25(3)14-9-26(10-14)17-8-13-5-4-6-15(13)22-23-17/h7-8,11,14H,4-6,9-10H2,1-3H3. The smallest absolute Gasteiger partial charge is 0.156 e. The van der Waals surface area contributed by atoms with Crippen molar-refractivity contribution in [3.05, 3.63) is 35.4 Å². The van der Waals surface area contributed by atoms with Crippen molar-refractivity contribution < 1.29 is 0 Å². The third kappa shape index (κ3) is 2.26. The summed E-state index contributed by atoms with van der Waals surface area (Å²) in [5.74, 6) is 2.01. The molecule has 1 aliphatic carbocycles. The van der Waals surface area contributed by atoms with Crippen LogP contribution in [0.25, 0.3) is 11.0 Å². The molecule has 134 valence electrons. The molecule has 1 fully saturated rings. The molecule has 0 spiro atoms. The van der Waals surface area contributed by atoms with E-state index in [9.17, 15) is 0 Å². The Hall–Kier alpha value is -2.70. The SMILES string of the molecule is Cc1cc2ncnc(N(C)C3CN(c4cc5c(nn4)CCC5)C3)c2n1C. The predicted molar refractivity (Wildman–Crippen MR) is 102 cm³/mol. The number of aromatic nitrogens is 5. The molecule has 3 aromatic rings. The van der Waals surface area contributed by atoms with Crippen LogP contribution in [0.1, 0.15) is 23.4 Å². The van der Waals surface area contributed by atoms with E-state index in [0.29, 0.717) is 6.04 Å². The van der Waals surface area contributed by atoms with E-state index in [1.54, 1.807) is 6.33 Å². The number of anilines is 2. The van der Waals surface area contributed by atoms with Crippen LogP contribution in [0, 0.1) is 6.92 Å². The molecule has 26 heavy (non-hydrogen) atoms. The lowest BCUT2D eigenvalue weighted by molar-refractivity contribution is 0.488. The van der Waals surface area contributed by atoms with Crippen molar-refractivity contribution >= 4 is 22.7 Å². The van der Waals surface area contributed by atoms with Gasteiger partial charge in [-0.1, -0.05) is 0 Å². The molecule has 0 radical (unpaired) electrons. The van der Waals surface area contributed by atoms with Gasteiger partial charge in [-0.3, -0.25) is 0 Å². The fraction of sp³-hybridized carbons (Fsp3) is 0.474. The van der Waals surface area contributed by atoms with Gasteiger partial charge in [0, 0.05) is 32.9 Å². The van der Waals surface area contributed by atoms with Crippen LogP contribution in [0.15, 0.2) is 18.5 Å². The van der Waals surface area contributed by atoms with Gasteiger partial charge >= 0.3 is 0 Å². The summed E-state index contributed by atoms with van der Waals surface area (Å²) >= 11 is 0. The first-order valence-corrected chi connectivity index (χ1v) is 9.22. The highest BCUT2D eigenvalue weighted by Crippen LogP contribution is 2.30. The Morgan fingerprint density at radius 3 is 2.81 bits per heavy atom. The number of hydrogen-bond donors (Lipinski definition) is 0. The number of aryl methyl sites for hydroxylation is 4. The second kappa shape index (κ2) is 5.65. The average molecular weight is 349 g/mol. The van der Waals surface area contributed by atoms with Crippen molar-refractivity contribution in [3.8, 4) is 0 Å². The van der Waals surface area contributed by atoms with Crippen molar-refractivity contribution in [3.63, 3.8) is 0 Å². The molecule has 0 atom stereocenters. The third-order valence-corrected chi connectivity index (χ3v) is 5.92. The van der Waals surface area contributed by atoms with Gasteiger partial charge in [0.25, 0.3) is 0 Å². The molecule has 5 rings (SSSR count). The molecule has 0 bridgehead atoms. The van der Waals surface area contributed by atoms with E-state index in [4.69, 9.17) is 0 Å². The molecular weight excluding hydrogens is 326 g/mol. The van der Waals surface area contributed by atoms with Crippen LogP contribution >= 0.6 is 0 Å². The van der Waals surface area contributed by atoms with Gasteiger partial charge in [0.05, 0.1) is 17.3 Å². The highest BCUT2D eigenvalue weighted by Gasteiger charge is 2.33. The van der Waals surface area contributed by atoms with Crippen LogP contribution in [0.2, 0.25) is 0 Å². The zero-order valence-corrected chi connectivity index (χ0v) is 15.5. The summed E-state index contributed by atoms with van der Waals surface area (Å²) in [5, 5.41) is 8.85. The predicted octanol–water partition coefficient (Wildman–Crippen LogP) is 1.88. The topological polar surface area (TPSA) is 63.0 Å². The monoisotopic (exact) mass is 349 g/mol. The molecule has 3 aromatic heterocycles. The highest BCUT2D eigenvalue weighted by molar-refractivity contribution is 5.87. The fourth-order valence-electron chi connectivity index (χ4n) is 4.07. The van der Waals surface area contributed by atoms with Crippen LogP contribution in [0.3, 0.4) is 0 Å². The maximum Gasteiger partial charge on any atom is 0.156 e. The van der Waals surface area contributed by atoms with Crippen molar-refractivity contribution in [1.29, 1.82) is 0 Å². The minimum Gasteiger partial charge on any atom is -0.351 e. The fourth-order valence-corrected chi connectivity index (χ4v) is 4.07. The normalized spacial score (nSPS) is 16.8. The summed E-state index contributed by atoms with van der Waals surface area (Å²) in [5.41, 5.74) is 5.86. The molecule has 0 saturated carbocycles. The largest absolute Gasteiger partial charge is 0.351 e. The summed E-state index contributed by atoms with van der Waals surface area (Å²) in [6, 6.07) is 4.76. The van der Waals surface area contributed by atoms with Gasteiger partial charge < -0.3 is 14.4 Å². The quantitative estimate of drug-likeness (QED) is 0.719. The van der Waals surface area contributed by atoms with Crippen LogP contribution in [-0.4, -0.2) is 50.9 Å². The van der Waals surface area contributed by atoms with Crippen molar-refractivity contribution in [2.45, 2.75) is 32.2 Å².